The van der Waals surface area contributed by atoms with Crippen molar-refractivity contribution in [1.29, 1.82) is 0 Å². The van der Waals surface area contributed by atoms with Crippen molar-refractivity contribution in [2.75, 3.05) is 0 Å². The first-order chi connectivity index (χ1) is 15.3. The van der Waals surface area contributed by atoms with Gasteiger partial charge in [0, 0.05) is 0 Å². The maximum absolute atomic E-state index is 11.3. The third-order valence-electron chi connectivity index (χ3n) is 11.1. The first kappa shape index (κ1) is 25.9. The molecule has 33 heavy (non-hydrogen) atoms. The predicted octanol–water partition coefficient (Wildman–Crippen LogP) is 5.92. The molecule has 10 atom stereocenters. The summed E-state index contributed by atoms with van der Waals surface area (Å²) < 4.78 is 38.3. The van der Waals surface area contributed by atoms with Crippen molar-refractivity contribution < 1.29 is 22.3 Å². The van der Waals surface area contributed by atoms with Gasteiger partial charge in [-0.15, -0.1) is 0 Å². The van der Waals surface area contributed by atoms with Crippen molar-refractivity contribution in [2.24, 2.45) is 52.3 Å². The molecule has 0 saturated heterocycles. The molecular formula is C27H47O5S-. The quantitative estimate of drug-likeness (QED) is 0.358. The van der Waals surface area contributed by atoms with Gasteiger partial charge in [-0.25, -0.2) is 8.42 Å². The molecule has 0 radical (unpaired) electrons. The highest BCUT2D eigenvalue weighted by atomic mass is 32.3. The van der Waals surface area contributed by atoms with Crippen LogP contribution in [0.2, 0.25) is 0 Å². The largest absolute Gasteiger partial charge is 0.726 e. The van der Waals surface area contributed by atoms with Crippen LogP contribution in [-0.4, -0.2) is 30.3 Å². The SMILES string of the molecule is CC(C)CCC[C@@H](C)[C@H]1CC[C@H]2[C@@H]3CC(O)C4CC(OS(=O)(=O)[O-])CC[C@]4(C)[C@H]3CC[C@]12C. The van der Waals surface area contributed by atoms with E-state index in [2.05, 4.69) is 34.6 Å². The van der Waals surface area contributed by atoms with Crippen molar-refractivity contribution in [2.45, 2.75) is 117 Å². The molecule has 3 unspecified atom stereocenters. The van der Waals surface area contributed by atoms with E-state index in [1.54, 1.807) is 0 Å². The Labute approximate surface area is 202 Å². The summed E-state index contributed by atoms with van der Waals surface area (Å²) in [5.41, 5.74) is 0.398. The number of hydrogen-bond acceptors (Lipinski definition) is 5. The molecule has 0 aromatic carbocycles. The van der Waals surface area contributed by atoms with Crippen molar-refractivity contribution in [3.05, 3.63) is 0 Å². The molecule has 0 heterocycles. The molecule has 4 aliphatic rings. The van der Waals surface area contributed by atoms with Gasteiger partial charge in [0.1, 0.15) is 0 Å². The molecule has 192 valence electrons. The second-order valence-electron chi connectivity index (χ2n) is 13.2. The molecule has 0 spiro atoms. The minimum absolute atomic E-state index is 0.0110. The third kappa shape index (κ3) is 4.93. The minimum Gasteiger partial charge on any atom is -0.726 e. The summed E-state index contributed by atoms with van der Waals surface area (Å²) in [5, 5.41) is 11.3. The van der Waals surface area contributed by atoms with Crippen LogP contribution in [0.1, 0.15) is 105 Å². The number of aliphatic hydroxyl groups excluding tert-OH is 1. The van der Waals surface area contributed by atoms with Crippen molar-refractivity contribution >= 4 is 10.4 Å². The summed E-state index contributed by atoms with van der Waals surface area (Å²) in [6.45, 7) is 12.0. The Morgan fingerprint density at radius 2 is 1.61 bits per heavy atom. The Kier molecular flexibility index (Phi) is 7.35. The number of aliphatic hydroxyl groups is 1. The molecule has 6 heteroatoms. The number of rotatable bonds is 7. The average Bonchev–Trinajstić information content (AvgIpc) is 3.05. The van der Waals surface area contributed by atoms with E-state index in [1.807, 2.05) is 0 Å². The summed E-state index contributed by atoms with van der Waals surface area (Å²) >= 11 is 0. The summed E-state index contributed by atoms with van der Waals surface area (Å²) in [6.07, 6.45) is 10.9. The van der Waals surface area contributed by atoms with Crippen LogP contribution >= 0.6 is 0 Å². The topological polar surface area (TPSA) is 86.7 Å². The van der Waals surface area contributed by atoms with Gasteiger partial charge < -0.3 is 9.66 Å². The summed E-state index contributed by atoms with van der Waals surface area (Å²) in [6, 6.07) is 0. The fourth-order valence-corrected chi connectivity index (χ4v) is 10.0. The molecule has 4 aliphatic carbocycles. The van der Waals surface area contributed by atoms with Crippen molar-refractivity contribution in [1.82, 2.24) is 0 Å². The van der Waals surface area contributed by atoms with Gasteiger partial charge in [-0.1, -0.05) is 53.9 Å². The Morgan fingerprint density at radius 3 is 2.27 bits per heavy atom. The number of hydrogen-bond donors (Lipinski definition) is 1. The lowest BCUT2D eigenvalue weighted by Crippen LogP contribution is -2.58. The van der Waals surface area contributed by atoms with Gasteiger partial charge in [0.2, 0.25) is 10.4 Å². The van der Waals surface area contributed by atoms with E-state index in [-0.39, 0.29) is 11.3 Å². The van der Waals surface area contributed by atoms with Crippen LogP contribution < -0.4 is 0 Å². The Balaban J connectivity index is 1.48. The molecule has 0 aromatic rings. The van der Waals surface area contributed by atoms with Crippen LogP contribution in [0.3, 0.4) is 0 Å². The molecule has 0 aliphatic heterocycles. The van der Waals surface area contributed by atoms with E-state index in [4.69, 9.17) is 4.18 Å². The van der Waals surface area contributed by atoms with Gasteiger partial charge >= 0.3 is 0 Å². The highest BCUT2D eigenvalue weighted by Gasteiger charge is 2.62. The fourth-order valence-electron chi connectivity index (χ4n) is 9.54. The molecule has 1 N–H and O–H groups in total. The second-order valence-corrected chi connectivity index (χ2v) is 14.2. The van der Waals surface area contributed by atoms with Crippen LogP contribution in [0.4, 0.5) is 0 Å². The van der Waals surface area contributed by atoms with E-state index in [0.717, 1.165) is 30.6 Å². The Morgan fingerprint density at radius 1 is 0.939 bits per heavy atom. The molecule has 4 rings (SSSR count). The van der Waals surface area contributed by atoms with Crippen LogP contribution in [0.5, 0.6) is 0 Å². The fraction of sp³-hybridized carbons (Fsp3) is 1.00. The lowest BCUT2D eigenvalue weighted by atomic mass is 9.44. The molecule has 0 aromatic heterocycles. The Bertz CT molecular complexity index is 796. The standard InChI is InChI=1S/C27H48O5S/c1-17(2)7-6-8-18(3)21-9-10-22-20-16-25(28)24-15-19(32-33(29,30)31)11-13-27(24,5)23(20)12-14-26(21,22)4/h17-25,28H,6-16H2,1-5H3,(H,29,30,31)/p-1/t18-,19?,20+,21-,22+,23+,24?,25?,26-,27-/m1/s1. The summed E-state index contributed by atoms with van der Waals surface area (Å²) in [5.74, 6) is 4.22. The average molecular weight is 484 g/mol. The van der Waals surface area contributed by atoms with Crippen LogP contribution in [-0.2, 0) is 14.6 Å². The van der Waals surface area contributed by atoms with Crippen LogP contribution in [0.15, 0.2) is 0 Å². The van der Waals surface area contributed by atoms with Gasteiger partial charge in [0.15, 0.2) is 0 Å². The van der Waals surface area contributed by atoms with E-state index in [9.17, 15) is 18.1 Å². The van der Waals surface area contributed by atoms with Crippen LogP contribution in [0.25, 0.3) is 0 Å². The van der Waals surface area contributed by atoms with Gasteiger partial charge in [-0.3, -0.25) is 4.18 Å². The molecule has 0 bridgehead atoms. The maximum Gasteiger partial charge on any atom is 0.217 e. The smallest absolute Gasteiger partial charge is 0.217 e. The zero-order valence-corrected chi connectivity index (χ0v) is 22.3. The third-order valence-corrected chi connectivity index (χ3v) is 11.6. The summed E-state index contributed by atoms with van der Waals surface area (Å²) in [4.78, 5) is 0. The van der Waals surface area contributed by atoms with E-state index in [1.165, 1.54) is 44.9 Å². The maximum atomic E-state index is 11.3. The zero-order chi connectivity index (χ0) is 24.2. The second kappa shape index (κ2) is 9.37. The molecule has 0 amide bonds. The molecule has 4 saturated carbocycles. The van der Waals surface area contributed by atoms with Crippen molar-refractivity contribution in [3.8, 4) is 0 Å². The zero-order valence-electron chi connectivity index (χ0n) is 21.5. The lowest BCUT2D eigenvalue weighted by molar-refractivity contribution is -0.170. The number of fused-ring (bicyclic) bond motifs is 5. The van der Waals surface area contributed by atoms with Crippen LogP contribution in [0, 0.1) is 52.3 Å². The van der Waals surface area contributed by atoms with Gasteiger partial charge in [-0.2, -0.15) is 0 Å². The van der Waals surface area contributed by atoms with Gasteiger partial charge in [-0.05, 0) is 104 Å². The monoisotopic (exact) mass is 483 g/mol. The molecular weight excluding hydrogens is 436 g/mol. The first-order valence-corrected chi connectivity index (χ1v) is 15.0. The highest BCUT2D eigenvalue weighted by Crippen LogP contribution is 2.68. The predicted molar refractivity (Wildman–Crippen MR) is 129 cm³/mol. The molecule has 5 nitrogen and oxygen atoms in total. The minimum atomic E-state index is -4.70. The molecule has 4 fully saturated rings. The highest BCUT2D eigenvalue weighted by molar-refractivity contribution is 7.80. The van der Waals surface area contributed by atoms with E-state index < -0.39 is 22.6 Å². The van der Waals surface area contributed by atoms with Gasteiger partial charge in [0.05, 0.1) is 12.2 Å². The summed E-state index contributed by atoms with van der Waals surface area (Å²) in [7, 11) is -4.70. The van der Waals surface area contributed by atoms with Crippen molar-refractivity contribution in [3.63, 3.8) is 0 Å². The van der Waals surface area contributed by atoms with E-state index in [0.29, 0.717) is 36.0 Å². The van der Waals surface area contributed by atoms with Gasteiger partial charge in [0.25, 0.3) is 0 Å². The van der Waals surface area contributed by atoms with E-state index >= 15 is 0 Å². The Hall–Kier alpha value is -0.170. The first-order valence-electron chi connectivity index (χ1n) is 13.7. The lowest BCUT2D eigenvalue weighted by Gasteiger charge is -2.62. The normalized spacial score (nSPS) is 46.5.